The van der Waals surface area contributed by atoms with E-state index < -0.39 is 5.82 Å². The average molecular weight is 474 g/mol. The van der Waals surface area contributed by atoms with E-state index in [0.717, 1.165) is 0 Å². The second-order valence-corrected chi connectivity index (χ2v) is 8.54. The van der Waals surface area contributed by atoms with Crippen molar-refractivity contribution < 1.29 is 18.7 Å². The Bertz CT molecular complexity index is 1190. The fourth-order valence-corrected chi connectivity index (χ4v) is 4.12. The van der Waals surface area contributed by atoms with Crippen molar-refractivity contribution in [1.82, 2.24) is 19.8 Å². The Morgan fingerprint density at radius 2 is 2.06 bits per heavy atom. The van der Waals surface area contributed by atoms with Gasteiger partial charge in [0.1, 0.15) is 18.2 Å². The number of hydrogen-bond acceptors (Lipinski definition) is 7. The van der Waals surface area contributed by atoms with Gasteiger partial charge >= 0.3 is 0 Å². The summed E-state index contributed by atoms with van der Waals surface area (Å²) in [5, 5.41) is 3.63. The predicted molar refractivity (Wildman–Crippen MR) is 125 cm³/mol. The number of carbonyl (C=O) groups is 1. The Kier molecular flexibility index (Phi) is 6.53. The zero-order valence-corrected chi connectivity index (χ0v) is 19.6. The van der Waals surface area contributed by atoms with Crippen LogP contribution in [-0.2, 0) is 4.79 Å². The lowest BCUT2D eigenvalue weighted by molar-refractivity contribution is -0.133. The van der Waals surface area contributed by atoms with E-state index >= 15 is 0 Å². The Hall–Kier alpha value is -3.17. The number of hydrogen-bond donors (Lipinski definition) is 1. The summed E-state index contributed by atoms with van der Waals surface area (Å²) in [5.74, 6) is 0.869. The van der Waals surface area contributed by atoms with Crippen molar-refractivity contribution in [1.29, 1.82) is 0 Å². The van der Waals surface area contributed by atoms with E-state index in [1.54, 1.807) is 50.4 Å². The zero-order chi connectivity index (χ0) is 23.7. The molecule has 174 valence electrons. The van der Waals surface area contributed by atoms with Crippen LogP contribution in [0.15, 0.2) is 36.7 Å². The molecule has 0 unspecified atom stereocenters. The second kappa shape index (κ2) is 9.36. The Balaban J connectivity index is 1.65. The number of nitrogens with zero attached hydrogens (tertiary/aromatic N) is 4. The highest BCUT2D eigenvalue weighted by Gasteiger charge is 2.36. The summed E-state index contributed by atoms with van der Waals surface area (Å²) in [4.78, 5) is 24.6. The molecule has 4 rings (SSSR count). The van der Waals surface area contributed by atoms with Crippen LogP contribution in [0.25, 0.3) is 10.9 Å². The molecular formula is C23H25ClFN5O3. The minimum atomic E-state index is -0.568. The second-order valence-electron chi connectivity index (χ2n) is 8.13. The average Bonchev–Trinajstić information content (AvgIpc) is 3.16. The molecular weight excluding hydrogens is 449 g/mol. The maximum absolute atomic E-state index is 14.4. The molecule has 1 N–H and O–H groups in total. The largest absolute Gasteiger partial charge is 0.493 e. The van der Waals surface area contributed by atoms with Crippen molar-refractivity contribution in [2.24, 2.45) is 0 Å². The van der Waals surface area contributed by atoms with E-state index in [1.165, 1.54) is 12.4 Å². The first-order chi connectivity index (χ1) is 15.8. The molecule has 2 heterocycles. The molecule has 0 bridgehead atoms. The number of benzene rings is 2. The molecule has 1 saturated heterocycles. The molecule has 8 nitrogen and oxygen atoms in total. The van der Waals surface area contributed by atoms with Gasteiger partial charge in [0.15, 0.2) is 17.3 Å². The third-order valence-electron chi connectivity index (χ3n) is 5.65. The summed E-state index contributed by atoms with van der Waals surface area (Å²) in [7, 11) is 6.94. The maximum atomic E-state index is 14.4. The molecule has 0 saturated carbocycles. The highest BCUT2D eigenvalue weighted by Crippen LogP contribution is 2.37. The first kappa shape index (κ1) is 23.0. The first-order valence-electron chi connectivity index (χ1n) is 10.4. The number of anilines is 2. The van der Waals surface area contributed by atoms with Crippen LogP contribution in [0.3, 0.4) is 0 Å². The van der Waals surface area contributed by atoms with Crippen LogP contribution in [0, 0.1) is 5.82 Å². The Morgan fingerprint density at radius 3 is 2.79 bits per heavy atom. The number of methoxy groups -OCH3 is 1. The quantitative estimate of drug-likeness (QED) is 0.584. The van der Waals surface area contributed by atoms with Crippen molar-refractivity contribution in [3.05, 3.63) is 47.5 Å². The standard InChI is InChI=1S/C23H25ClFN5O3/c1-29(2)23(31)18-8-13(11-30(18)3)33-20-9-14-17(10-19(20)32-4)26-12-27-22(14)28-16-7-5-6-15(24)21(16)25/h5-7,9-10,12-13,18H,8,11H2,1-4H3,(H,26,27,28)/t13-,18-/m0/s1. The van der Waals surface area contributed by atoms with Crippen LogP contribution >= 0.6 is 11.6 Å². The van der Waals surface area contributed by atoms with Gasteiger partial charge in [0.05, 0.1) is 29.4 Å². The van der Waals surface area contributed by atoms with Crippen molar-refractivity contribution in [2.45, 2.75) is 18.6 Å². The molecule has 1 aliphatic heterocycles. The number of fused-ring (bicyclic) bond motifs is 1. The van der Waals surface area contributed by atoms with E-state index in [-0.39, 0.29) is 28.8 Å². The van der Waals surface area contributed by atoms with Gasteiger partial charge in [-0.2, -0.15) is 0 Å². The normalized spacial score (nSPS) is 18.4. The van der Waals surface area contributed by atoms with Crippen LogP contribution in [0.2, 0.25) is 5.02 Å². The van der Waals surface area contributed by atoms with Gasteiger partial charge in [0.25, 0.3) is 0 Å². The van der Waals surface area contributed by atoms with Crippen molar-refractivity contribution >= 4 is 39.9 Å². The number of aromatic nitrogens is 2. The SMILES string of the molecule is COc1cc2ncnc(Nc3cccc(Cl)c3F)c2cc1O[C@H]1C[C@@H](C(=O)N(C)C)N(C)C1. The minimum absolute atomic E-state index is 0.0104. The number of rotatable bonds is 6. The molecule has 1 aromatic heterocycles. The molecule has 0 radical (unpaired) electrons. The summed E-state index contributed by atoms with van der Waals surface area (Å²) >= 11 is 5.91. The Morgan fingerprint density at radius 1 is 1.27 bits per heavy atom. The number of likely N-dealkylation sites (N-methyl/N-ethyl adjacent to an activating group) is 2. The van der Waals surface area contributed by atoms with E-state index in [9.17, 15) is 9.18 Å². The van der Waals surface area contributed by atoms with Crippen LogP contribution in [0.5, 0.6) is 11.5 Å². The number of halogens is 2. The summed E-state index contributed by atoms with van der Waals surface area (Å²) < 4.78 is 26.2. The van der Waals surface area contributed by atoms with Gasteiger partial charge < -0.3 is 19.7 Å². The van der Waals surface area contributed by atoms with Crippen molar-refractivity contribution in [2.75, 3.05) is 40.1 Å². The number of nitrogens with one attached hydrogen (secondary N) is 1. The molecule has 10 heteroatoms. The van der Waals surface area contributed by atoms with E-state index in [1.807, 2.05) is 11.9 Å². The lowest BCUT2D eigenvalue weighted by atomic mass is 10.1. The van der Waals surface area contributed by atoms with Crippen LogP contribution in [0.1, 0.15) is 6.42 Å². The fraction of sp³-hybridized carbons (Fsp3) is 0.348. The minimum Gasteiger partial charge on any atom is -0.493 e. The smallest absolute Gasteiger partial charge is 0.239 e. The highest BCUT2D eigenvalue weighted by molar-refractivity contribution is 6.31. The lowest BCUT2D eigenvalue weighted by Gasteiger charge is -2.21. The molecule has 1 aliphatic rings. The molecule has 2 aromatic carbocycles. The Labute approximate surface area is 196 Å². The lowest BCUT2D eigenvalue weighted by Crippen LogP contribution is -2.40. The third kappa shape index (κ3) is 4.65. The predicted octanol–water partition coefficient (Wildman–Crippen LogP) is 3.71. The van der Waals surface area contributed by atoms with Crippen molar-refractivity contribution in [3.8, 4) is 11.5 Å². The van der Waals surface area contributed by atoms with Gasteiger partial charge in [0.2, 0.25) is 5.91 Å². The topological polar surface area (TPSA) is 79.8 Å². The van der Waals surface area contributed by atoms with Gasteiger partial charge in [-0.15, -0.1) is 0 Å². The number of likely N-dealkylation sites (tertiary alicyclic amines) is 1. The fourth-order valence-electron chi connectivity index (χ4n) is 3.95. The van der Waals surface area contributed by atoms with Gasteiger partial charge in [-0.05, 0) is 25.2 Å². The molecule has 33 heavy (non-hydrogen) atoms. The van der Waals surface area contributed by atoms with E-state index in [4.69, 9.17) is 21.1 Å². The molecule has 3 aromatic rings. The molecule has 0 spiro atoms. The number of amides is 1. The number of carbonyl (C=O) groups excluding carboxylic acids is 1. The maximum Gasteiger partial charge on any atom is 0.239 e. The highest BCUT2D eigenvalue weighted by atomic mass is 35.5. The van der Waals surface area contributed by atoms with Gasteiger partial charge in [-0.25, -0.2) is 14.4 Å². The van der Waals surface area contributed by atoms with Gasteiger partial charge in [0, 0.05) is 38.5 Å². The zero-order valence-electron chi connectivity index (χ0n) is 18.8. The van der Waals surface area contributed by atoms with E-state index in [2.05, 4.69) is 15.3 Å². The first-order valence-corrected chi connectivity index (χ1v) is 10.8. The number of ether oxygens (including phenoxy) is 2. The molecule has 1 fully saturated rings. The summed E-state index contributed by atoms with van der Waals surface area (Å²) in [6, 6.07) is 7.96. The monoisotopic (exact) mass is 473 g/mol. The molecule has 2 atom stereocenters. The van der Waals surface area contributed by atoms with E-state index in [0.29, 0.717) is 41.2 Å². The molecule has 1 amide bonds. The van der Waals surface area contributed by atoms with Crippen LogP contribution in [0.4, 0.5) is 15.9 Å². The summed E-state index contributed by atoms with van der Waals surface area (Å²) in [6.07, 6.45) is 1.73. The van der Waals surface area contributed by atoms with Crippen LogP contribution < -0.4 is 14.8 Å². The van der Waals surface area contributed by atoms with Crippen molar-refractivity contribution in [3.63, 3.8) is 0 Å². The van der Waals surface area contributed by atoms with Crippen LogP contribution in [-0.4, -0.2) is 72.6 Å². The summed E-state index contributed by atoms with van der Waals surface area (Å²) in [6.45, 7) is 0.593. The molecule has 0 aliphatic carbocycles. The van der Waals surface area contributed by atoms with Gasteiger partial charge in [-0.3, -0.25) is 9.69 Å². The van der Waals surface area contributed by atoms with Gasteiger partial charge in [-0.1, -0.05) is 17.7 Å². The third-order valence-corrected chi connectivity index (χ3v) is 5.95. The summed E-state index contributed by atoms with van der Waals surface area (Å²) in [5.41, 5.74) is 0.798.